The van der Waals surface area contributed by atoms with E-state index in [4.69, 9.17) is 10.9 Å². The first-order valence-corrected chi connectivity index (χ1v) is 9.59. The standard InChI is InChI=1S/C15H22N4O5S.ClH/c1-25(23,24)19-8-6-18(7-9-19)13(15(21)17-22)10-11-4-2-3-5-12(11)14(16)20;/h2-5,13,22H,6-10H2,1H3,(H2,16,20)(H,17,21);1H/t13-;/m0./s1. The Bertz CT molecular complexity index is 750. The first-order valence-electron chi connectivity index (χ1n) is 7.75. The fourth-order valence-electron chi connectivity index (χ4n) is 2.96. The number of nitrogens with two attached hydrogens (primary N) is 1. The van der Waals surface area contributed by atoms with Gasteiger partial charge in [-0.25, -0.2) is 13.9 Å². The molecule has 0 unspecified atom stereocenters. The van der Waals surface area contributed by atoms with E-state index >= 15 is 0 Å². The van der Waals surface area contributed by atoms with Crippen LogP contribution in [0, 0.1) is 0 Å². The normalized spacial score (nSPS) is 17.2. The van der Waals surface area contributed by atoms with Gasteiger partial charge in [0.25, 0.3) is 5.91 Å². The third-order valence-electron chi connectivity index (χ3n) is 4.29. The van der Waals surface area contributed by atoms with Crippen LogP contribution in [0.3, 0.4) is 0 Å². The molecule has 2 rings (SSSR count). The molecule has 4 N–H and O–H groups in total. The number of hydrogen-bond donors (Lipinski definition) is 3. The molecule has 1 saturated heterocycles. The number of rotatable bonds is 6. The molecule has 0 spiro atoms. The van der Waals surface area contributed by atoms with Crippen LogP contribution in [0.2, 0.25) is 0 Å². The van der Waals surface area contributed by atoms with Crippen molar-refractivity contribution in [3.63, 3.8) is 0 Å². The average molecular weight is 407 g/mol. The number of nitrogens with zero attached hydrogens (tertiary/aromatic N) is 2. The van der Waals surface area contributed by atoms with Crippen molar-refractivity contribution in [2.75, 3.05) is 32.4 Å². The lowest BCUT2D eigenvalue weighted by Gasteiger charge is -2.37. The lowest BCUT2D eigenvalue weighted by atomic mass is 9.98. The first kappa shape index (κ1) is 22.3. The quantitative estimate of drug-likeness (QED) is 0.418. The maximum atomic E-state index is 12.1. The second kappa shape index (κ2) is 9.28. The van der Waals surface area contributed by atoms with Gasteiger partial charge in [-0.1, -0.05) is 18.2 Å². The molecule has 0 aliphatic carbocycles. The number of carbonyl (C=O) groups excluding carboxylic acids is 2. The molecule has 26 heavy (non-hydrogen) atoms. The summed E-state index contributed by atoms with van der Waals surface area (Å²) in [6.45, 7) is 1.19. The fraction of sp³-hybridized carbons (Fsp3) is 0.467. The predicted molar refractivity (Wildman–Crippen MR) is 97.6 cm³/mol. The number of primary amides is 1. The zero-order valence-electron chi connectivity index (χ0n) is 14.3. The van der Waals surface area contributed by atoms with Crippen LogP contribution >= 0.6 is 12.4 Å². The van der Waals surface area contributed by atoms with Gasteiger partial charge in [0.05, 0.1) is 12.3 Å². The molecule has 0 aromatic heterocycles. The number of benzene rings is 1. The summed E-state index contributed by atoms with van der Waals surface area (Å²) in [4.78, 5) is 25.5. The zero-order valence-corrected chi connectivity index (χ0v) is 15.9. The van der Waals surface area contributed by atoms with Gasteiger partial charge >= 0.3 is 0 Å². The van der Waals surface area contributed by atoms with Gasteiger partial charge < -0.3 is 5.73 Å². The molecule has 11 heteroatoms. The van der Waals surface area contributed by atoms with Crippen molar-refractivity contribution in [3.05, 3.63) is 35.4 Å². The predicted octanol–water partition coefficient (Wildman–Crippen LogP) is -0.799. The van der Waals surface area contributed by atoms with Crippen molar-refractivity contribution in [2.24, 2.45) is 5.73 Å². The maximum Gasteiger partial charge on any atom is 0.261 e. The number of carbonyl (C=O) groups is 2. The number of piperazine rings is 1. The van der Waals surface area contributed by atoms with Crippen molar-refractivity contribution in [2.45, 2.75) is 12.5 Å². The molecule has 1 aliphatic heterocycles. The minimum atomic E-state index is -3.28. The van der Waals surface area contributed by atoms with E-state index in [0.29, 0.717) is 24.2 Å². The largest absolute Gasteiger partial charge is 0.366 e. The van der Waals surface area contributed by atoms with E-state index in [1.165, 1.54) is 4.31 Å². The SMILES string of the molecule is CS(=O)(=O)N1CCN([C@@H](Cc2ccccc2C(N)=O)C(=O)NO)CC1.Cl. The molecule has 0 radical (unpaired) electrons. The minimum Gasteiger partial charge on any atom is -0.366 e. The van der Waals surface area contributed by atoms with E-state index in [1.807, 2.05) is 0 Å². The van der Waals surface area contributed by atoms with Gasteiger partial charge in [-0.05, 0) is 18.1 Å². The summed E-state index contributed by atoms with van der Waals surface area (Å²) in [5.41, 5.74) is 7.92. The molecule has 1 aromatic carbocycles. The van der Waals surface area contributed by atoms with Gasteiger partial charge in [0.1, 0.15) is 0 Å². The third kappa shape index (κ3) is 5.39. The van der Waals surface area contributed by atoms with Gasteiger partial charge in [0, 0.05) is 31.7 Å². The number of nitrogens with one attached hydrogen (secondary N) is 1. The molecule has 1 atom stereocenters. The Balaban J connectivity index is 0.00000338. The Hall–Kier alpha value is -1.72. The monoisotopic (exact) mass is 406 g/mol. The summed E-state index contributed by atoms with van der Waals surface area (Å²) in [7, 11) is -3.28. The number of amides is 2. The van der Waals surface area contributed by atoms with Gasteiger partial charge in [-0.3, -0.25) is 19.7 Å². The molecule has 146 valence electrons. The van der Waals surface area contributed by atoms with Crippen molar-refractivity contribution in [3.8, 4) is 0 Å². The summed E-state index contributed by atoms with van der Waals surface area (Å²) in [6, 6.07) is 5.94. The van der Waals surface area contributed by atoms with Crippen LogP contribution in [0.15, 0.2) is 24.3 Å². The second-order valence-corrected chi connectivity index (χ2v) is 7.90. The van der Waals surface area contributed by atoms with Crippen LogP contribution in [-0.4, -0.2) is 73.1 Å². The van der Waals surface area contributed by atoms with Crippen LogP contribution in [0.25, 0.3) is 0 Å². The second-order valence-electron chi connectivity index (χ2n) is 5.92. The molecular formula is C15H23ClN4O5S. The fourth-order valence-corrected chi connectivity index (χ4v) is 3.78. The Morgan fingerprint density at radius 3 is 2.31 bits per heavy atom. The molecule has 1 fully saturated rings. The van der Waals surface area contributed by atoms with Gasteiger partial charge in [0.15, 0.2) is 0 Å². The molecule has 2 amide bonds. The Kier molecular flexibility index (Phi) is 7.97. The molecule has 9 nitrogen and oxygen atoms in total. The van der Waals surface area contributed by atoms with Crippen LogP contribution in [0.4, 0.5) is 0 Å². The Morgan fingerprint density at radius 2 is 1.81 bits per heavy atom. The van der Waals surface area contributed by atoms with E-state index in [2.05, 4.69) is 0 Å². The highest BCUT2D eigenvalue weighted by Gasteiger charge is 2.32. The summed E-state index contributed by atoms with van der Waals surface area (Å²) >= 11 is 0. The highest BCUT2D eigenvalue weighted by Crippen LogP contribution is 2.17. The number of halogens is 1. The summed E-state index contributed by atoms with van der Waals surface area (Å²) in [6.07, 6.45) is 1.31. The number of hydrogen-bond acceptors (Lipinski definition) is 6. The topological polar surface area (TPSA) is 133 Å². The van der Waals surface area contributed by atoms with Crippen molar-refractivity contribution in [1.82, 2.24) is 14.7 Å². The highest BCUT2D eigenvalue weighted by molar-refractivity contribution is 7.88. The van der Waals surface area contributed by atoms with E-state index in [0.717, 1.165) is 6.26 Å². The van der Waals surface area contributed by atoms with Gasteiger partial charge in [-0.2, -0.15) is 4.31 Å². The molecular weight excluding hydrogens is 384 g/mol. The maximum absolute atomic E-state index is 12.1. The average Bonchev–Trinajstić information content (AvgIpc) is 2.58. The van der Waals surface area contributed by atoms with E-state index in [1.54, 1.807) is 34.6 Å². The van der Waals surface area contributed by atoms with E-state index in [9.17, 15) is 18.0 Å². The van der Waals surface area contributed by atoms with Crippen LogP contribution in [0.5, 0.6) is 0 Å². The van der Waals surface area contributed by atoms with Crippen molar-refractivity contribution < 1.29 is 23.2 Å². The zero-order chi connectivity index (χ0) is 18.6. The molecule has 0 bridgehead atoms. The Morgan fingerprint density at radius 1 is 1.23 bits per heavy atom. The summed E-state index contributed by atoms with van der Waals surface area (Å²) < 4.78 is 24.5. The first-order chi connectivity index (χ1) is 11.7. The van der Waals surface area contributed by atoms with Gasteiger partial charge in [0.2, 0.25) is 15.9 Å². The Labute approximate surface area is 158 Å². The van der Waals surface area contributed by atoms with Crippen LogP contribution < -0.4 is 11.2 Å². The number of sulfonamides is 1. The molecule has 0 saturated carbocycles. The van der Waals surface area contributed by atoms with Crippen molar-refractivity contribution >= 4 is 34.2 Å². The van der Waals surface area contributed by atoms with Gasteiger partial charge in [-0.15, -0.1) is 12.4 Å². The van der Waals surface area contributed by atoms with E-state index < -0.39 is 27.9 Å². The third-order valence-corrected chi connectivity index (χ3v) is 5.60. The number of hydroxylamine groups is 1. The summed E-state index contributed by atoms with van der Waals surface area (Å²) in [5, 5.41) is 9.05. The highest BCUT2D eigenvalue weighted by atomic mass is 35.5. The van der Waals surface area contributed by atoms with E-state index in [-0.39, 0.29) is 31.9 Å². The lowest BCUT2D eigenvalue weighted by molar-refractivity contribution is -0.135. The molecule has 1 aromatic rings. The minimum absolute atomic E-state index is 0. The smallest absolute Gasteiger partial charge is 0.261 e. The van der Waals surface area contributed by atoms with Crippen LogP contribution in [-0.2, 0) is 21.2 Å². The summed E-state index contributed by atoms with van der Waals surface area (Å²) in [5.74, 6) is -1.22. The molecule has 1 aliphatic rings. The van der Waals surface area contributed by atoms with Crippen LogP contribution in [0.1, 0.15) is 15.9 Å². The van der Waals surface area contributed by atoms with Crippen molar-refractivity contribution in [1.29, 1.82) is 0 Å². The lowest BCUT2D eigenvalue weighted by Crippen LogP contribution is -2.56. The molecule has 1 heterocycles.